The number of hydrogen-bond acceptors (Lipinski definition) is 6. The Kier molecular flexibility index (Phi) is 8.69. The minimum Gasteiger partial charge on any atom is -0.464 e. The maximum absolute atomic E-state index is 13.6. The number of unbranched alkanes of at least 4 members (excludes halogenated alkanes) is 2. The van der Waals surface area contributed by atoms with E-state index in [1.165, 1.54) is 0 Å². The fourth-order valence-corrected chi connectivity index (χ4v) is 4.49. The second-order valence-electron chi connectivity index (χ2n) is 9.32. The van der Waals surface area contributed by atoms with Gasteiger partial charge in [-0.2, -0.15) is 0 Å². The number of amides is 2. The maximum atomic E-state index is 13.6. The summed E-state index contributed by atoms with van der Waals surface area (Å²) in [6.45, 7) is 6.07. The normalized spacial score (nSPS) is 16.5. The Bertz CT molecular complexity index is 997. The van der Waals surface area contributed by atoms with E-state index in [-0.39, 0.29) is 31.3 Å². The monoisotopic (exact) mass is 484 g/mol. The van der Waals surface area contributed by atoms with E-state index in [0.717, 1.165) is 43.4 Å². The van der Waals surface area contributed by atoms with Crippen molar-refractivity contribution in [1.82, 2.24) is 9.80 Å². The first kappa shape index (κ1) is 25.1. The van der Waals surface area contributed by atoms with Gasteiger partial charge in [0.25, 0.3) is 0 Å². The Morgan fingerprint density at radius 2 is 1.86 bits per heavy atom. The number of fused-ring (bicyclic) bond motifs is 1. The van der Waals surface area contributed by atoms with Gasteiger partial charge in [0.2, 0.25) is 18.6 Å². The number of furan rings is 1. The maximum Gasteiger partial charge on any atom is 0.242 e. The number of nitrogens with zero attached hydrogens (tertiary/aromatic N) is 2. The zero-order chi connectivity index (χ0) is 24.6. The van der Waals surface area contributed by atoms with Crippen molar-refractivity contribution in [1.29, 1.82) is 0 Å². The summed E-state index contributed by atoms with van der Waals surface area (Å²) in [7, 11) is 0. The lowest BCUT2D eigenvalue weighted by atomic mass is 10.1. The lowest BCUT2D eigenvalue weighted by Crippen LogP contribution is -2.45. The predicted molar refractivity (Wildman–Crippen MR) is 130 cm³/mol. The zero-order valence-corrected chi connectivity index (χ0v) is 20.8. The van der Waals surface area contributed by atoms with Gasteiger partial charge in [-0.1, -0.05) is 25.8 Å². The molecule has 2 aliphatic rings. The molecular formula is C27H36N2O6. The van der Waals surface area contributed by atoms with Crippen LogP contribution in [0.2, 0.25) is 0 Å². The Labute approximate surface area is 207 Å². The highest BCUT2D eigenvalue weighted by Gasteiger charge is 2.27. The number of rotatable bonds is 12. The molecular weight excluding hydrogens is 448 g/mol. The van der Waals surface area contributed by atoms with E-state index in [4.69, 9.17) is 18.6 Å². The standard InChI is InChI=1S/C27H36N2O6/c1-3-4-5-8-26(30)29(16-22-7-6-13-32-22)18-27(31)28(17-23-11-9-20(2)35-23)15-21-10-12-24-25(14-21)34-19-33-24/h9-12,14,22H,3-8,13,15-19H2,1-2H3. The summed E-state index contributed by atoms with van der Waals surface area (Å²) in [5, 5.41) is 0. The first-order valence-corrected chi connectivity index (χ1v) is 12.6. The smallest absolute Gasteiger partial charge is 0.242 e. The van der Waals surface area contributed by atoms with Crippen molar-refractivity contribution in [3.63, 3.8) is 0 Å². The van der Waals surface area contributed by atoms with Crippen LogP contribution in [0.25, 0.3) is 0 Å². The summed E-state index contributed by atoms with van der Waals surface area (Å²) in [4.78, 5) is 30.1. The molecule has 1 fully saturated rings. The lowest BCUT2D eigenvalue weighted by Gasteiger charge is -2.29. The third kappa shape index (κ3) is 7.01. The van der Waals surface area contributed by atoms with Crippen LogP contribution in [0.15, 0.2) is 34.7 Å². The summed E-state index contributed by atoms with van der Waals surface area (Å²) in [6.07, 6.45) is 5.23. The topological polar surface area (TPSA) is 81.5 Å². The van der Waals surface area contributed by atoms with Crippen LogP contribution in [0.4, 0.5) is 0 Å². The second kappa shape index (κ2) is 12.1. The molecule has 1 atom stereocenters. The van der Waals surface area contributed by atoms with E-state index in [1.807, 2.05) is 37.3 Å². The summed E-state index contributed by atoms with van der Waals surface area (Å²) < 4.78 is 22.5. The highest BCUT2D eigenvalue weighted by atomic mass is 16.7. The molecule has 0 saturated carbocycles. The quantitative estimate of drug-likeness (QED) is 0.415. The number of ether oxygens (including phenoxy) is 3. The van der Waals surface area contributed by atoms with Gasteiger partial charge in [-0.3, -0.25) is 9.59 Å². The Morgan fingerprint density at radius 1 is 1.00 bits per heavy atom. The number of hydrogen-bond donors (Lipinski definition) is 0. The van der Waals surface area contributed by atoms with Crippen molar-refractivity contribution in [3.05, 3.63) is 47.4 Å². The lowest BCUT2D eigenvalue weighted by molar-refractivity contribution is -0.142. The zero-order valence-electron chi connectivity index (χ0n) is 20.8. The number of aryl methyl sites for hydroxylation is 1. The largest absolute Gasteiger partial charge is 0.464 e. The van der Waals surface area contributed by atoms with Crippen LogP contribution in [0.1, 0.15) is 62.5 Å². The van der Waals surface area contributed by atoms with Crippen LogP contribution >= 0.6 is 0 Å². The van der Waals surface area contributed by atoms with Gasteiger partial charge in [-0.15, -0.1) is 0 Å². The fraction of sp³-hybridized carbons (Fsp3) is 0.556. The highest BCUT2D eigenvalue weighted by Crippen LogP contribution is 2.33. The van der Waals surface area contributed by atoms with Gasteiger partial charge >= 0.3 is 0 Å². The van der Waals surface area contributed by atoms with Crippen molar-refractivity contribution in [2.45, 2.75) is 71.6 Å². The molecule has 4 rings (SSSR count). The average Bonchev–Trinajstić information content (AvgIpc) is 3.60. The molecule has 0 spiro atoms. The first-order chi connectivity index (χ1) is 17.0. The number of carbonyl (C=O) groups excluding carboxylic acids is 2. The third-order valence-electron chi connectivity index (χ3n) is 6.43. The number of carbonyl (C=O) groups is 2. The van der Waals surface area contributed by atoms with Crippen LogP contribution in [0.5, 0.6) is 11.5 Å². The van der Waals surface area contributed by atoms with Crippen molar-refractivity contribution < 1.29 is 28.2 Å². The van der Waals surface area contributed by atoms with E-state index in [1.54, 1.807) is 9.80 Å². The van der Waals surface area contributed by atoms with Crippen LogP contribution < -0.4 is 9.47 Å². The molecule has 35 heavy (non-hydrogen) atoms. The molecule has 3 heterocycles. The first-order valence-electron chi connectivity index (χ1n) is 12.6. The summed E-state index contributed by atoms with van der Waals surface area (Å²) in [6, 6.07) is 9.46. The Balaban J connectivity index is 1.49. The molecule has 1 aromatic heterocycles. The second-order valence-corrected chi connectivity index (χ2v) is 9.32. The van der Waals surface area contributed by atoms with Gasteiger partial charge in [-0.05, 0) is 56.0 Å². The summed E-state index contributed by atoms with van der Waals surface area (Å²) >= 11 is 0. The Hall–Kier alpha value is -3.00. The van der Waals surface area contributed by atoms with E-state index in [0.29, 0.717) is 49.9 Å². The van der Waals surface area contributed by atoms with Crippen LogP contribution in [0, 0.1) is 6.92 Å². The molecule has 0 aliphatic carbocycles. The predicted octanol–water partition coefficient (Wildman–Crippen LogP) is 4.43. The van der Waals surface area contributed by atoms with Gasteiger partial charge in [0.15, 0.2) is 11.5 Å². The fourth-order valence-electron chi connectivity index (χ4n) is 4.49. The van der Waals surface area contributed by atoms with E-state index in [2.05, 4.69) is 6.92 Å². The molecule has 1 unspecified atom stereocenters. The van der Waals surface area contributed by atoms with Crippen molar-refractivity contribution in [2.75, 3.05) is 26.5 Å². The molecule has 2 aromatic rings. The number of benzene rings is 1. The SMILES string of the molecule is CCCCCC(=O)N(CC(=O)N(Cc1ccc2c(c1)OCO2)Cc1ccc(C)o1)CC1CCCO1. The van der Waals surface area contributed by atoms with Gasteiger partial charge in [0.05, 0.1) is 19.2 Å². The van der Waals surface area contributed by atoms with Gasteiger partial charge < -0.3 is 28.4 Å². The van der Waals surface area contributed by atoms with Crippen LogP contribution in [-0.4, -0.2) is 54.2 Å². The molecule has 2 aliphatic heterocycles. The molecule has 2 amide bonds. The third-order valence-corrected chi connectivity index (χ3v) is 6.43. The molecule has 8 nitrogen and oxygen atoms in total. The molecule has 1 aromatic carbocycles. The average molecular weight is 485 g/mol. The minimum absolute atomic E-state index is 0.00652. The molecule has 8 heteroatoms. The van der Waals surface area contributed by atoms with E-state index in [9.17, 15) is 9.59 Å². The van der Waals surface area contributed by atoms with Crippen LogP contribution in [-0.2, 0) is 27.4 Å². The van der Waals surface area contributed by atoms with Crippen molar-refractivity contribution >= 4 is 11.8 Å². The van der Waals surface area contributed by atoms with Gasteiger partial charge in [0, 0.05) is 26.1 Å². The minimum atomic E-state index is -0.126. The highest BCUT2D eigenvalue weighted by molar-refractivity contribution is 5.85. The summed E-state index contributed by atoms with van der Waals surface area (Å²) in [5.74, 6) is 2.76. The van der Waals surface area contributed by atoms with Gasteiger partial charge in [0.1, 0.15) is 11.5 Å². The van der Waals surface area contributed by atoms with Crippen molar-refractivity contribution in [3.8, 4) is 11.5 Å². The molecule has 0 N–H and O–H groups in total. The van der Waals surface area contributed by atoms with Crippen molar-refractivity contribution in [2.24, 2.45) is 0 Å². The van der Waals surface area contributed by atoms with E-state index >= 15 is 0 Å². The molecule has 190 valence electrons. The van der Waals surface area contributed by atoms with Gasteiger partial charge in [-0.25, -0.2) is 0 Å². The van der Waals surface area contributed by atoms with Crippen LogP contribution in [0.3, 0.4) is 0 Å². The molecule has 0 radical (unpaired) electrons. The molecule has 1 saturated heterocycles. The van der Waals surface area contributed by atoms with E-state index < -0.39 is 0 Å². The summed E-state index contributed by atoms with van der Waals surface area (Å²) in [5.41, 5.74) is 0.922. The molecule has 0 bridgehead atoms. The Morgan fingerprint density at radius 3 is 2.60 bits per heavy atom.